The maximum Gasteiger partial charge on any atom is 0.309 e. The molecule has 2 aromatic heterocycles. The van der Waals surface area contributed by atoms with Gasteiger partial charge in [0.05, 0.1) is 6.26 Å². The molecule has 2 aromatic rings. The van der Waals surface area contributed by atoms with Gasteiger partial charge in [-0.1, -0.05) is 12.5 Å². The fourth-order valence-electron chi connectivity index (χ4n) is 3.37. The number of furan rings is 1. The van der Waals surface area contributed by atoms with Gasteiger partial charge in [-0.2, -0.15) is 4.31 Å². The third kappa shape index (κ3) is 5.68. The quantitative estimate of drug-likeness (QED) is 0.609. The summed E-state index contributed by atoms with van der Waals surface area (Å²) in [6.07, 6.45) is 5.04. The van der Waals surface area contributed by atoms with E-state index in [1.54, 1.807) is 35.9 Å². The number of thiophene rings is 1. The van der Waals surface area contributed by atoms with Crippen LogP contribution in [0.1, 0.15) is 31.4 Å². The molecule has 0 bridgehead atoms. The Morgan fingerprint density at radius 2 is 1.93 bits per heavy atom. The Bertz CT molecular complexity index is 894. The first kappa shape index (κ1) is 21.5. The molecule has 1 atom stereocenters. The van der Waals surface area contributed by atoms with Gasteiger partial charge in [0.25, 0.3) is 10.0 Å². The zero-order valence-corrected chi connectivity index (χ0v) is 17.6. The third-order valence-electron chi connectivity index (χ3n) is 4.84. The number of sulfonamides is 1. The summed E-state index contributed by atoms with van der Waals surface area (Å²) in [7, 11) is -3.52. The van der Waals surface area contributed by atoms with Gasteiger partial charge in [-0.05, 0) is 42.8 Å². The van der Waals surface area contributed by atoms with Crippen LogP contribution < -0.4 is 10.6 Å². The van der Waals surface area contributed by atoms with E-state index in [-0.39, 0.29) is 12.6 Å². The fraction of sp³-hybridized carbons (Fsp3) is 0.474. The minimum absolute atomic E-state index is 0.182. The molecule has 10 heteroatoms. The van der Waals surface area contributed by atoms with Crippen LogP contribution in [0.15, 0.2) is 44.5 Å². The first-order valence-corrected chi connectivity index (χ1v) is 11.9. The topological polar surface area (TPSA) is 109 Å². The van der Waals surface area contributed by atoms with Crippen LogP contribution >= 0.6 is 11.3 Å². The lowest BCUT2D eigenvalue weighted by molar-refractivity contribution is -0.139. The minimum atomic E-state index is -3.52. The zero-order valence-electron chi connectivity index (χ0n) is 16.0. The predicted octanol–water partition coefficient (Wildman–Crippen LogP) is 1.75. The molecule has 8 nitrogen and oxygen atoms in total. The van der Waals surface area contributed by atoms with Crippen molar-refractivity contribution in [2.24, 2.45) is 0 Å². The van der Waals surface area contributed by atoms with E-state index < -0.39 is 21.8 Å². The molecule has 3 rings (SSSR count). The van der Waals surface area contributed by atoms with Gasteiger partial charge in [0.2, 0.25) is 0 Å². The first-order valence-electron chi connectivity index (χ1n) is 9.62. The number of nitrogens with zero attached hydrogens (tertiary/aromatic N) is 1. The van der Waals surface area contributed by atoms with Crippen molar-refractivity contribution in [3.8, 4) is 0 Å². The SMILES string of the molecule is O=C(NCCc1ccco1)C(=O)NCC[C@@H]1CCCCN1S(=O)(=O)c1cccs1. The summed E-state index contributed by atoms with van der Waals surface area (Å²) in [5.41, 5.74) is 0. The van der Waals surface area contributed by atoms with Crippen molar-refractivity contribution < 1.29 is 22.4 Å². The zero-order chi connectivity index (χ0) is 20.7. The summed E-state index contributed by atoms with van der Waals surface area (Å²) in [4.78, 5) is 23.8. The summed E-state index contributed by atoms with van der Waals surface area (Å²) in [6, 6.07) is 6.71. The molecule has 0 radical (unpaired) electrons. The fourth-order valence-corrected chi connectivity index (χ4v) is 6.21. The highest BCUT2D eigenvalue weighted by Crippen LogP contribution is 2.28. The van der Waals surface area contributed by atoms with E-state index >= 15 is 0 Å². The Morgan fingerprint density at radius 3 is 2.62 bits per heavy atom. The van der Waals surface area contributed by atoms with E-state index in [2.05, 4.69) is 10.6 Å². The van der Waals surface area contributed by atoms with Gasteiger partial charge in [0.1, 0.15) is 9.97 Å². The van der Waals surface area contributed by atoms with Crippen LogP contribution in [0.3, 0.4) is 0 Å². The summed E-state index contributed by atoms with van der Waals surface area (Å²) < 4.78 is 32.8. The minimum Gasteiger partial charge on any atom is -0.469 e. The maximum atomic E-state index is 12.9. The Morgan fingerprint density at radius 1 is 1.14 bits per heavy atom. The van der Waals surface area contributed by atoms with Gasteiger partial charge in [-0.25, -0.2) is 8.42 Å². The second-order valence-corrected chi connectivity index (χ2v) is 9.89. The number of nitrogens with one attached hydrogen (secondary N) is 2. The lowest BCUT2D eigenvalue weighted by Gasteiger charge is -2.34. The van der Waals surface area contributed by atoms with Crippen LogP contribution in [0.25, 0.3) is 0 Å². The van der Waals surface area contributed by atoms with Gasteiger partial charge < -0.3 is 15.1 Å². The highest BCUT2D eigenvalue weighted by molar-refractivity contribution is 7.91. The summed E-state index contributed by atoms with van der Waals surface area (Å²) in [5, 5.41) is 6.88. The van der Waals surface area contributed by atoms with E-state index in [1.807, 2.05) is 0 Å². The van der Waals surface area contributed by atoms with Crippen molar-refractivity contribution in [1.82, 2.24) is 14.9 Å². The highest BCUT2D eigenvalue weighted by atomic mass is 32.2. The maximum absolute atomic E-state index is 12.9. The van der Waals surface area contributed by atoms with Gasteiger partial charge >= 0.3 is 11.8 Å². The van der Waals surface area contributed by atoms with Crippen LogP contribution in [0, 0.1) is 0 Å². The number of carbonyl (C=O) groups excluding carboxylic acids is 2. The van der Waals surface area contributed by atoms with Gasteiger partial charge in [0, 0.05) is 32.1 Å². The number of piperidine rings is 1. The predicted molar refractivity (Wildman–Crippen MR) is 109 cm³/mol. The van der Waals surface area contributed by atoms with Crippen LogP contribution in [0.2, 0.25) is 0 Å². The molecule has 0 aliphatic carbocycles. The van der Waals surface area contributed by atoms with E-state index in [0.717, 1.165) is 25.0 Å². The molecule has 0 saturated carbocycles. The Balaban J connectivity index is 1.45. The average molecular weight is 440 g/mol. The number of rotatable bonds is 8. The normalized spacial score (nSPS) is 17.7. The molecule has 158 valence electrons. The number of amides is 2. The van der Waals surface area contributed by atoms with E-state index in [1.165, 1.54) is 15.6 Å². The molecular formula is C19H25N3O5S2. The van der Waals surface area contributed by atoms with Gasteiger partial charge in [-0.15, -0.1) is 11.3 Å². The molecule has 1 fully saturated rings. The standard InChI is InChI=1S/C19H25N3O5S2/c23-18(19(24)21-11-9-16-6-3-13-27-16)20-10-8-15-5-1-2-12-22(15)29(25,26)17-7-4-14-28-17/h3-4,6-7,13-15H,1-2,5,8-12H2,(H,20,23)(H,21,24)/t15-/m0/s1. The molecule has 1 aliphatic rings. The Labute approximate surface area is 174 Å². The highest BCUT2D eigenvalue weighted by Gasteiger charge is 2.33. The molecular weight excluding hydrogens is 414 g/mol. The molecule has 0 spiro atoms. The van der Waals surface area contributed by atoms with Crippen molar-refractivity contribution in [3.63, 3.8) is 0 Å². The lowest BCUT2D eigenvalue weighted by atomic mass is 10.0. The lowest BCUT2D eigenvalue weighted by Crippen LogP contribution is -2.46. The van der Waals surface area contributed by atoms with Crippen LogP contribution in [0.4, 0.5) is 0 Å². The number of hydrogen-bond donors (Lipinski definition) is 2. The van der Waals surface area contributed by atoms with Crippen LogP contribution in [-0.4, -0.2) is 50.2 Å². The van der Waals surface area contributed by atoms with E-state index in [0.29, 0.717) is 30.1 Å². The Kier molecular flexibility index (Phi) is 7.45. The molecule has 29 heavy (non-hydrogen) atoms. The van der Waals surface area contributed by atoms with E-state index in [9.17, 15) is 18.0 Å². The van der Waals surface area contributed by atoms with Crippen LogP contribution in [-0.2, 0) is 26.0 Å². The monoisotopic (exact) mass is 439 g/mol. The summed E-state index contributed by atoms with van der Waals surface area (Å²) in [6.45, 7) is 1.02. The van der Waals surface area contributed by atoms with Crippen molar-refractivity contribution >= 4 is 33.2 Å². The molecule has 1 saturated heterocycles. The molecule has 0 unspecified atom stereocenters. The van der Waals surface area contributed by atoms with Gasteiger partial charge in [-0.3, -0.25) is 9.59 Å². The van der Waals surface area contributed by atoms with Crippen molar-refractivity contribution in [2.75, 3.05) is 19.6 Å². The summed E-state index contributed by atoms with van der Waals surface area (Å²) in [5.74, 6) is -0.689. The second-order valence-electron chi connectivity index (χ2n) is 6.83. The van der Waals surface area contributed by atoms with Crippen molar-refractivity contribution in [3.05, 3.63) is 41.7 Å². The molecule has 3 heterocycles. The second kappa shape index (κ2) is 10.0. The van der Waals surface area contributed by atoms with Crippen molar-refractivity contribution in [2.45, 2.75) is 42.4 Å². The molecule has 2 amide bonds. The van der Waals surface area contributed by atoms with Gasteiger partial charge in [0.15, 0.2) is 0 Å². The third-order valence-corrected chi connectivity index (χ3v) is 8.16. The molecule has 0 aromatic carbocycles. The molecule has 1 aliphatic heterocycles. The van der Waals surface area contributed by atoms with Crippen LogP contribution in [0.5, 0.6) is 0 Å². The largest absolute Gasteiger partial charge is 0.469 e. The smallest absolute Gasteiger partial charge is 0.309 e. The number of hydrogen-bond acceptors (Lipinski definition) is 6. The average Bonchev–Trinajstić information content (AvgIpc) is 3.42. The van der Waals surface area contributed by atoms with E-state index in [4.69, 9.17) is 4.42 Å². The summed E-state index contributed by atoms with van der Waals surface area (Å²) >= 11 is 1.21. The molecule has 2 N–H and O–H groups in total. The first-order chi connectivity index (χ1) is 14.0. The Hall–Kier alpha value is -2.17. The number of carbonyl (C=O) groups is 2. The van der Waals surface area contributed by atoms with Crippen molar-refractivity contribution in [1.29, 1.82) is 0 Å².